The quantitative estimate of drug-likeness (QED) is 0.863. The Labute approximate surface area is 131 Å². The van der Waals surface area contributed by atoms with Gasteiger partial charge in [-0.2, -0.15) is 0 Å². The normalized spacial score (nSPS) is 18.0. The average molecular weight is 323 g/mol. The molecule has 1 amide bonds. The van der Waals surface area contributed by atoms with E-state index in [9.17, 15) is 24.6 Å². The topological polar surface area (TPSA) is 97.7 Å². The van der Waals surface area contributed by atoms with E-state index in [2.05, 4.69) is 0 Å². The van der Waals surface area contributed by atoms with Gasteiger partial charge in [-0.05, 0) is 18.6 Å². The molecule has 22 heavy (non-hydrogen) atoms. The summed E-state index contributed by atoms with van der Waals surface area (Å²) in [6.07, 6.45) is -0.412. The highest BCUT2D eigenvalue weighted by Crippen LogP contribution is 2.40. The molecule has 7 heteroatoms. The second kappa shape index (κ2) is 6.19. The molecule has 116 valence electrons. The Balaban J connectivity index is 2.51. The highest BCUT2D eigenvalue weighted by molar-refractivity contribution is 6.31. The van der Waals surface area contributed by atoms with Crippen LogP contribution in [-0.2, 0) is 14.4 Å². The van der Waals surface area contributed by atoms with Crippen LogP contribution in [0.15, 0.2) is 35.6 Å². The SMILES string of the molecule is CC(=O)C1=C(O)C(=O)N(CCC(=O)[O-])[C@@H]1c1ccccc1Cl. The number of carboxylic acids is 1. The van der Waals surface area contributed by atoms with Crippen molar-refractivity contribution in [3.8, 4) is 0 Å². The first-order valence-electron chi connectivity index (χ1n) is 6.54. The molecule has 1 heterocycles. The summed E-state index contributed by atoms with van der Waals surface area (Å²) in [5.41, 5.74) is 0.363. The van der Waals surface area contributed by atoms with E-state index in [4.69, 9.17) is 11.6 Å². The Morgan fingerprint density at radius 2 is 2.00 bits per heavy atom. The van der Waals surface area contributed by atoms with E-state index in [0.29, 0.717) is 10.6 Å². The largest absolute Gasteiger partial charge is 0.550 e. The monoisotopic (exact) mass is 322 g/mol. The fourth-order valence-corrected chi connectivity index (χ4v) is 2.71. The predicted octanol–water partition coefficient (Wildman–Crippen LogP) is 0.764. The molecule has 1 atom stereocenters. The van der Waals surface area contributed by atoms with Crippen LogP contribution >= 0.6 is 11.6 Å². The number of rotatable bonds is 5. The van der Waals surface area contributed by atoms with Gasteiger partial charge in [0.1, 0.15) is 0 Å². The van der Waals surface area contributed by atoms with Crippen molar-refractivity contribution in [3.05, 3.63) is 46.2 Å². The molecule has 2 rings (SSSR count). The van der Waals surface area contributed by atoms with E-state index in [1.54, 1.807) is 24.3 Å². The van der Waals surface area contributed by atoms with E-state index in [1.165, 1.54) is 6.92 Å². The lowest BCUT2D eigenvalue weighted by Crippen LogP contribution is -2.35. The van der Waals surface area contributed by atoms with Gasteiger partial charge in [0.25, 0.3) is 5.91 Å². The van der Waals surface area contributed by atoms with E-state index in [-0.39, 0.29) is 12.1 Å². The number of ketones is 1. The maximum atomic E-state index is 12.1. The molecule has 0 bridgehead atoms. The third kappa shape index (κ3) is 2.82. The molecule has 1 aromatic carbocycles. The number of nitrogens with zero attached hydrogens (tertiary/aromatic N) is 1. The number of halogens is 1. The van der Waals surface area contributed by atoms with E-state index in [0.717, 1.165) is 4.90 Å². The zero-order valence-corrected chi connectivity index (χ0v) is 12.5. The summed E-state index contributed by atoms with van der Waals surface area (Å²) >= 11 is 6.12. The van der Waals surface area contributed by atoms with Gasteiger partial charge in [0.2, 0.25) is 0 Å². The molecule has 0 aromatic heterocycles. The minimum atomic E-state index is -1.33. The van der Waals surface area contributed by atoms with Crippen LogP contribution in [0.25, 0.3) is 0 Å². The number of carbonyl (C=O) groups excluding carboxylic acids is 3. The number of carboxylic acid groups (broad SMARTS) is 1. The molecular weight excluding hydrogens is 310 g/mol. The molecule has 6 nitrogen and oxygen atoms in total. The Bertz CT molecular complexity index is 682. The number of carbonyl (C=O) groups is 3. The Kier molecular flexibility index (Phi) is 4.51. The van der Waals surface area contributed by atoms with E-state index in [1.807, 2.05) is 0 Å². The van der Waals surface area contributed by atoms with Crippen molar-refractivity contribution < 1.29 is 24.6 Å². The summed E-state index contributed by atoms with van der Waals surface area (Å²) in [5.74, 6) is -3.28. The number of benzene rings is 1. The number of Topliss-reactive ketones (excluding diaryl/α,β-unsaturated/α-hetero) is 1. The first kappa shape index (κ1) is 16.0. The third-order valence-corrected chi connectivity index (χ3v) is 3.78. The predicted molar refractivity (Wildman–Crippen MR) is 75.9 cm³/mol. The highest BCUT2D eigenvalue weighted by atomic mass is 35.5. The van der Waals surface area contributed by atoms with E-state index < -0.39 is 35.9 Å². The van der Waals surface area contributed by atoms with Crippen molar-refractivity contribution >= 4 is 29.3 Å². The van der Waals surface area contributed by atoms with Crippen molar-refractivity contribution in [3.63, 3.8) is 0 Å². The molecule has 0 saturated carbocycles. The number of amides is 1. The van der Waals surface area contributed by atoms with Gasteiger partial charge in [0.05, 0.1) is 11.6 Å². The van der Waals surface area contributed by atoms with Gasteiger partial charge in [0.15, 0.2) is 11.5 Å². The standard InChI is InChI=1S/C15H14ClNO5/c1-8(18)12-13(9-4-2-3-5-10(9)16)17(7-6-11(19)20)15(22)14(12)21/h2-5,13,21H,6-7H2,1H3,(H,19,20)/p-1/t13-/m1/s1. The number of aliphatic carboxylic acids is 1. The summed E-state index contributed by atoms with van der Waals surface area (Å²) < 4.78 is 0. The third-order valence-electron chi connectivity index (χ3n) is 3.44. The molecule has 0 aliphatic carbocycles. The fourth-order valence-electron chi connectivity index (χ4n) is 2.48. The van der Waals surface area contributed by atoms with Crippen LogP contribution in [0.3, 0.4) is 0 Å². The lowest BCUT2D eigenvalue weighted by Gasteiger charge is -2.27. The minimum Gasteiger partial charge on any atom is -0.550 e. The van der Waals surface area contributed by atoms with Gasteiger partial charge >= 0.3 is 0 Å². The minimum absolute atomic E-state index is 0.0866. The van der Waals surface area contributed by atoms with Crippen LogP contribution in [0.1, 0.15) is 24.9 Å². The molecule has 0 spiro atoms. The number of aliphatic hydroxyl groups is 1. The maximum Gasteiger partial charge on any atom is 0.290 e. The summed E-state index contributed by atoms with van der Waals surface area (Å²) in [6, 6.07) is 5.66. The van der Waals surface area contributed by atoms with Crippen LogP contribution in [-0.4, -0.2) is 34.2 Å². The molecule has 1 aliphatic rings. The van der Waals surface area contributed by atoms with Crippen molar-refractivity contribution in [1.82, 2.24) is 4.90 Å². The molecule has 0 fully saturated rings. The van der Waals surface area contributed by atoms with Crippen molar-refractivity contribution in [2.24, 2.45) is 0 Å². The first-order valence-corrected chi connectivity index (χ1v) is 6.91. The summed E-state index contributed by atoms with van der Waals surface area (Å²) in [4.78, 5) is 35.7. The summed E-state index contributed by atoms with van der Waals surface area (Å²) in [7, 11) is 0. The van der Waals surface area contributed by atoms with Gasteiger partial charge < -0.3 is 19.9 Å². The zero-order valence-electron chi connectivity index (χ0n) is 11.7. The lowest BCUT2D eigenvalue weighted by atomic mass is 9.96. The van der Waals surface area contributed by atoms with Crippen molar-refractivity contribution in [2.75, 3.05) is 6.54 Å². The molecule has 0 radical (unpaired) electrons. The molecule has 0 saturated heterocycles. The van der Waals surface area contributed by atoms with Crippen LogP contribution in [0, 0.1) is 0 Å². The van der Waals surface area contributed by atoms with Gasteiger partial charge in [-0.3, -0.25) is 9.59 Å². The van der Waals surface area contributed by atoms with Crippen LogP contribution < -0.4 is 5.11 Å². The van der Waals surface area contributed by atoms with Gasteiger partial charge in [-0.1, -0.05) is 29.8 Å². The number of hydrogen-bond donors (Lipinski definition) is 1. The number of hydrogen-bond acceptors (Lipinski definition) is 5. The smallest absolute Gasteiger partial charge is 0.290 e. The summed E-state index contributed by atoms with van der Waals surface area (Å²) in [6.45, 7) is 1.03. The first-order chi connectivity index (χ1) is 10.3. The van der Waals surface area contributed by atoms with E-state index >= 15 is 0 Å². The molecule has 1 N–H and O–H groups in total. The molecule has 1 aromatic rings. The second-order valence-electron chi connectivity index (χ2n) is 4.86. The maximum absolute atomic E-state index is 12.1. The Morgan fingerprint density at radius 1 is 1.36 bits per heavy atom. The highest BCUT2D eigenvalue weighted by Gasteiger charge is 2.42. The Morgan fingerprint density at radius 3 is 2.55 bits per heavy atom. The molecule has 1 aliphatic heterocycles. The molecular formula is C15H13ClNO5-. The lowest BCUT2D eigenvalue weighted by molar-refractivity contribution is -0.305. The molecule has 0 unspecified atom stereocenters. The van der Waals surface area contributed by atoms with Crippen LogP contribution in [0.5, 0.6) is 0 Å². The van der Waals surface area contributed by atoms with Gasteiger partial charge in [0, 0.05) is 24.0 Å². The fraction of sp³-hybridized carbons (Fsp3) is 0.267. The Hall–Kier alpha value is -2.34. The number of aliphatic hydroxyl groups excluding tert-OH is 1. The average Bonchev–Trinajstić information content (AvgIpc) is 2.69. The van der Waals surface area contributed by atoms with Crippen molar-refractivity contribution in [2.45, 2.75) is 19.4 Å². The van der Waals surface area contributed by atoms with Gasteiger partial charge in [-0.25, -0.2) is 0 Å². The zero-order chi connectivity index (χ0) is 16.4. The summed E-state index contributed by atoms with van der Waals surface area (Å²) in [5, 5.41) is 20.9. The van der Waals surface area contributed by atoms with Crippen LogP contribution in [0.4, 0.5) is 0 Å². The second-order valence-corrected chi connectivity index (χ2v) is 5.27. The van der Waals surface area contributed by atoms with Crippen LogP contribution in [0.2, 0.25) is 5.02 Å². The van der Waals surface area contributed by atoms with Gasteiger partial charge in [-0.15, -0.1) is 0 Å². The van der Waals surface area contributed by atoms with Crippen molar-refractivity contribution in [1.29, 1.82) is 0 Å².